The van der Waals surface area contributed by atoms with Gasteiger partial charge in [-0.2, -0.15) is 0 Å². The normalized spacial score (nSPS) is 9.95. The maximum absolute atomic E-state index is 11.3. The number of fused-ring (bicyclic) bond motifs is 1. The van der Waals surface area contributed by atoms with Crippen LogP contribution in [-0.4, -0.2) is 19.8 Å². The molecule has 7 nitrogen and oxygen atoms in total. The first-order chi connectivity index (χ1) is 9.45. The maximum Gasteiger partial charge on any atom is 0.692 e. The lowest BCUT2D eigenvalue weighted by Gasteiger charge is -2.04. The van der Waals surface area contributed by atoms with Crippen LogP contribution in [0.4, 0.5) is 0 Å². The van der Waals surface area contributed by atoms with E-state index in [9.17, 15) is 9.59 Å². The van der Waals surface area contributed by atoms with E-state index in [1.165, 1.54) is 0 Å². The Balaban J connectivity index is 0.000000444. The molecule has 1 aromatic heterocycles. The molecule has 0 saturated heterocycles. The number of para-hydroxylation sites is 1. The minimum atomic E-state index is -2.87. The van der Waals surface area contributed by atoms with E-state index in [1.54, 1.807) is 6.07 Å². The molecule has 0 aliphatic rings. The molecule has 8 heteroatoms. The molecular formula is C12H16N2O5P+. The van der Waals surface area contributed by atoms with Gasteiger partial charge in [0.1, 0.15) is 0 Å². The van der Waals surface area contributed by atoms with Crippen LogP contribution in [0.3, 0.4) is 0 Å². The number of hydrogen-bond acceptors (Lipinski definition) is 3. The Labute approximate surface area is 115 Å². The molecule has 0 unspecified atom stereocenters. The van der Waals surface area contributed by atoms with Gasteiger partial charge in [-0.25, -0.2) is 0 Å². The predicted octanol–water partition coefficient (Wildman–Crippen LogP) is 1.19. The summed E-state index contributed by atoms with van der Waals surface area (Å²) in [4.78, 5) is 41.9. The fraction of sp³-hybridized carbons (Fsp3) is 0.333. The Bertz CT molecular complexity index is 703. The van der Waals surface area contributed by atoms with E-state index in [0.717, 1.165) is 30.3 Å². The Hall–Kier alpha value is -1.82. The van der Waals surface area contributed by atoms with Gasteiger partial charge in [0.25, 0.3) is 0 Å². The van der Waals surface area contributed by atoms with E-state index < -0.39 is 19.4 Å². The van der Waals surface area contributed by atoms with Gasteiger partial charge in [0.15, 0.2) is 0 Å². The number of aromatic nitrogens is 2. The molecule has 0 amide bonds. The fourth-order valence-corrected chi connectivity index (χ4v) is 1.78. The van der Waals surface area contributed by atoms with Crippen molar-refractivity contribution in [2.24, 2.45) is 0 Å². The highest BCUT2D eigenvalue weighted by Crippen LogP contribution is 2.14. The van der Waals surface area contributed by atoms with Gasteiger partial charge in [-0.15, -0.1) is 9.79 Å². The van der Waals surface area contributed by atoms with E-state index in [1.807, 2.05) is 12.1 Å². The number of unbranched alkanes of at least 4 members (excludes halogenated alkanes) is 1. The zero-order valence-corrected chi connectivity index (χ0v) is 11.8. The van der Waals surface area contributed by atoms with E-state index in [0.29, 0.717) is 5.52 Å². The summed E-state index contributed by atoms with van der Waals surface area (Å²) < 4.78 is 8.70. The summed E-state index contributed by atoms with van der Waals surface area (Å²) in [7, 11) is -2.87. The van der Waals surface area contributed by atoms with Crippen molar-refractivity contribution in [2.45, 2.75) is 26.2 Å². The highest BCUT2D eigenvalue weighted by Gasteiger charge is 2.03. The molecule has 0 aliphatic heterocycles. The number of nitrogens with one attached hydrogen (secondary N) is 2. The number of aryl methyl sites for hydroxylation is 1. The first-order valence-corrected chi connectivity index (χ1v) is 7.21. The number of benzene rings is 1. The molecule has 0 aliphatic carbocycles. The van der Waals surface area contributed by atoms with Gasteiger partial charge < -0.3 is 9.97 Å². The van der Waals surface area contributed by atoms with Crippen LogP contribution in [0.25, 0.3) is 11.0 Å². The van der Waals surface area contributed by atoms with Crippen molar-refractivity contribution in [3.63, 3.8) is 0 Å². The molecule has 0 saturated carbocycles. The van der Waals surface area contributed by atoms with Crippen LogP contribution in [0, 0.1) is 0 Å². The molecule has 1 heterocycles. The third kappa shape index (κ3) is 4.70. The molecule has 20 heavy (non-hydrogen) atoms. The van der Waals surface area contributed by atoms with Crippen molar-refractivity contribution in [2.75, 3.05) is 0 Å². The van der Waals surface area contributed by atoms with Crippen molar-refractivity contribution in [3.05, 3.63) is 44.5 Å². The average Bonchev–Trinajstić information content (AvgIpc) is 2.37. The summed E-state index contributed by atoms with van der Waals surface area (Å²) >= 11 is 0. The van der Waals surface area contributed by atoms with E-state index in [2.05, 4.69) is 16.9 Å². The monoisotopic (exact) mass is 299 g/mol. The molecule has 0 spiro atoms. The van der Waals surface area contributed by atoms with E-state index >= 15 is 0 Å². The smallest absolute Gasteiger partial charge is 0.316 e. The number of rotatable bonds is 3. The molecule has 0 radical (unpaired) electrons. The molecular weight excluding hydrogens is 283 g/mol. The van der Waals surface area contributed by atoms with Gasteiger partial charge in [-0.1, -0.05) is 25.5 Å². The zero-order chi connectivity index (χ0) is 15.1. The number of aromatic amines is 2. The summed E-state index contributed by atoms with van der Waals surface area (Å²) in [5, 5.41) is 0. The Morgan fingerprint density at radius 2 is 1.75 bits per heavy atom. The van der Waals surface area contributed by atoms with E-state index in [4.69, 9.17) is 14.4 Å². The second kappa shape index (κ2) is 7.69. The molecule has 1 aromatic carbocycles. The topological polar surface area (TPSA) is 123 Å². The van der Waals surface area contributed by atoms with Gasteiger partial charge in [-0.05, 0) is 24.5 Å². The fourth-order valence-electron chi connectivity index (χ4n) is 1.78. The molecule has 108 valence electrons. The number of H-pyrrole nitrogens is 2. The van der Waals surface area contributed by atoms with Gasteiger partial charge in [0, 0.05) is 4.57 Å². The number of hydrogen-bond donors (Lipinski definition) is 4. The molecule has 2 rings (SSSR count). The summed E-state index contributed by atoms with van der Waals surface area (Å²) in [6.45, 7) is 2.12. The van der Waals surface area contributed by atoms with Crippen LogP contribution < -0.4 is 11.1 Å². The Morgan fingerprint density at radius 1 is 1.15 bits per heavy atom. The Morgan fingerprint density at radius 3 is 2.35 bits per heavy atom. The first kappa shape index (κ1) is 16.2. The summed E-state index contributed by atoms with van der Waals surface area (Å²) in [6, 6.07) is 5.66. The third-order valence-corrected chi connectivity index (χ3v) is 2.64. The van der Waals surface area contributed by atoms with Crippen LogP contribution in [-0.2, 0) is 11.0 Å². The largest absolute Gasteiger partial charge is 0.692 e. The lowest BCUT2D eigenvalue weighted by Crippen LogP contribution is -2.29. The van der Waals surface area contributed by atoms with Gasteiger partial charge in [0.2, 0.25) is 0 Å². The minimum Gasteiger partial charge on any atom is -0.316 e. The van der Waals surface area contributed by atoms with Gasteiger partial charge in [-0.3, -0.25) is 9.59 Å². The van der Waals surface area contributed by atoms with Crippen LogP contribution in [0.2, 0.25) is 0 Å². The molecule has 2 aromatic rings. The predicted molar refractivity (Wildman–Crippen MR) is 75.8 cm³/mol. The van der Waals surface area contributed by atoms with Crippen molar-refractivity contribution in [1.82, 2.24) is 9.97 Å². The van der Waals surface area contributed by atoms with Gasteiger partial charge in [0.05, 0.1) is 11.0 Å². The van der Waals surface area contributed by atoms with Gasteiger partial charge >= 0.3 is 19.4 Å². The van der Waals surface area contributed by atoms with Crippen molar-refractivity contribution < 1.29 is 14.4 Å². The SMILES string of the molecule is CCCCc1cccc2[nH]c(=O)c(=O)[nH]c12.O=[P+](O)O. The maximum atomic E-state index is 11.3. The second-order valence-electron chi connectivity index (χ2n) is 4.10. The zero-order valence-electron chi connectivity index (χ0n) is 10.9. The lowest BCUT2D eigenvalue weighted by atomic mass is 10.1. The van der Waals surface area contributed by atoms with Crippen molar-refractivity contribution >= 4 is 19.3 Å². The van der Waals surface area contributed by atoms with Crippen LogP contribution >= 0.6 is 8.25 Å². The van der Waals surface area contributed by atoms with Crippen molar-refractivity contribution in [3.8, 4) is 0 Å². The van der Waals surface area contributed by atoms with Crippen molar-refractivity contribution in [1.29, 1.82) is 0 Å². The second-order valence-corrected chi connectivity index (χ2v) is 4.61. The first-order valence-electron chi connectivity index (χ1n) is 6.05. The average molecular weight is 299 g/mol. The van der Waals surface area contributed by atoms with Crippen LogP contribution in [0.5, 0.6) is 0 Å². The summed E-state index contributed by atoms with van der Waals surface area (Å²) in [5.74, 6) is 0. The van der Waals surface area contributed by atoms with E-state index in [-0.39, 0.29) is 0 Å². The highest BCUT2D eigenvalue weighted by atomic mass is 31.1. The molecule has 0 fully saturated rings. The molecule has 0 atom stereocenters. The summed E-state index contributed by atoms with van der Waals surface area (Å²) in [6.07, 6.45) is 3.08. The molecule has 0 bridgehead atoms. The van der Waals surface area contributed by atoms with Crippen LogP contribution in [0.1, 0.15) is 25.3 Å². The standard InChI is InChI=1S/C12H14N2O2.HO3P/c1-2-3-5-8-6-4-7-9-10(8)14-12(16)11(15)13-9;1-4(2)3/h4,6-7H,2-3,5H2,1H3,(H,13,15)(H,14,16);(H-,1,2,3)/p+1. The Kier molecular flexibility index (Phi) is 6.24. The van der Waals surface area contributed by atoms with Crippen LogP contribution in [0.15, 0.2) is 27.8 Å². The third-order valence-electron chi connectivity index (χ3n) is 2.64. The summed E-state index contributed by atoms with van der Waals surface area (Å²) in [5.41, 5.74) is 1.34. The quantitative estimate of drug-likeness (QED) is 0.500. The lowest BCUT2D eigenvalue weighted by molar-refractivity contribution is 0.405. The molecule has 4 N–H and O–H groups in total. The highest BCUT2D eigenvalue weighted by molar-refractivity contribution is 7.30. The minimum absolute atomic E-state index is 0.587.